The van der Waals surface area contributed by atoms with E-state index in [1.165, 1.54) is 0 Å². The molecule has 0 saturated heterocycles. The van der Waals surface area contributed by atoms with Crippen LogP contribution < -0.4 is 0 Å². The Morgan fingerprint density at radius 2 is 1.60 bits per heavy atom. The van der Waals surface area contributed by atoms with Crippen LogP contribution in [0, 0.1) is 5.41 Å². The standard InChI is InChI=1S/C23H32O6S/c1-21(2,3)28-19(26)23(20(27)29-22(4,5)6)12-14-8-9-16(30-7)11-17(14)15(13-23)10-18(24)25/h8-9,11,15H,10,12-13H2,1-7H3,(H,24,25). The van der Waals surface area contributed by atoms with Crippen LogP contribution in [0.25, 0.3) is 0 Å². The van der Waals surface area contributed by atoms with Crippen molar-refractivity contribution in [2.24, 2.45) is 5.41 Å². The number of carbonyl (C=O) groups is 3. The molecular formula is C23H32O6S. The summed E-state index contributed by atoms with van der Waals surface area (Å²) >= 11 is 1.56. The predicted octanol–water partition coefficient (Wildman–Crippen LogP) is 4.58. The molecule has 0 spiro atoms. The zero-order chi connectivity index (χ0) is 22.9. The lowest BCUT2D eigenvalue weighted by Crippen LogP contribution is -2.50. The minimum Gasteiger partial charge on any atom is -0.481 e. The van der Waals surface area contributed by atoms with E-state index in [1.807, 2.05) is 24.5 Å². The zero-order valence-corrected chi connectivity index (χ0v) is 19.6. The molecule has 0 bridgehead atoms. The molecule has 30 heavy (non-hydrogen) atoms. The van der Waals surface area contributed by atoms with Crippen molar-refractivity contribution in [3.05, 3.63) is 29.3 Å². The summed E-state index contributed by atoms with van der Waals surface area (Å²) in [6.45, 7) is 10.4. The third-order valence-corrected chi connectivity index (χ3v) is 5.61. The van der Waals surface area contributed by atoms with E-state index < -0.39 is 40.4 Å². The third-order valence-electron chi connectivity index (χ3n) is 4.88. The fraction of sp³-hybridized carbons (Fsp3) is 0.609. The Bertz CT molecular complexity index is 803. The molecule has 0 aromatic heterocycles. The van der Waals surface area contributed by atoms with Crippen molar-refractivity contribution in [3.63, 3.8) is 0 Å². The van der Waals surface area contributed by atoms with Gasteiger partial charge in [-0.1, -0.05) is 6.07 Å². The van der Waals surface area contributed by atoms with Gasteiger partial charge in [-0.3, -0.25) is 14.4 Å². The summed E-state index contributed by atoms with van der Waals surface area (Å²) in [7, 11) is 0. The SMILES string of the molecule is CSc1ccc2c(c1)C(CC(=O)O)CC(C(=O)OC(C)(C)C)(C(=O)OC(C)(C)C)C2. The first-order valence-electron chi connectivity index (χ1n) is 10.0. The number of carboxylic acids is 1. The van der Waals surface area contributed by atoms with E-state index in [2.05, 4.69) is 0 Å². The Hall–Kier alpha value is -2.02. The number of aliphatic carboxylic acids is 1. The second-order valence-corrected chi connectivity index (χ2v) is 10.7. The molecule has 7 heteroatoms. The van der Waals surface area contributed by atoms with Crippen molar-refractivity contribution >= 4 is 29.7 Å². The fourth-order valence-electron chi connectivity index (χ4n) is 3.71. The molecule has 6 nitrogen and oxygen atoms in total. The number of thioether (sulfide) groups is 1. The van der Waals surface area contributed by atoms with Gasteiger partial charge in [0.2, 0.25) is 0 Å². The van der Waals surface area contributed by atoms with Crippen LogP contribution in [0.15, 0.2) is 23.1 Å². The summed E-state index contributed by atoms with van der Waals surface area (Å²) in [6.07, 6.45) is 1.92. The van der Waals surface area contributed by atoms with Gasteiger partial charge >= 0.3 is 17.9 Å². The molecule has 1 aliphatic rings. The molecule has 2 rings (SSSR count). The van der Waals surface area contributed by atoms with E-state index in [1.54, 1.807) is 53.3 Å². The summed E-state index contributed by atoms with van der Waals surface area (Å²) < 4.78 is 11.3. The summed E-state index contributed by atoms with van der Waals surface area (Å²) in [5, 5.41) is 9.50. The molecule has 0 saturated carbocycles. The Labute approximate surface area is 182 Å². The Morgan fingerprint density at radius 3 is 2.03 bits per heavy atom. The van der Waals surface area contributed by atoms with Crippen molar-refractivity contribution in [3.8, 4) is 0 Å². The van der Waals surface area contributed by atoms with Crippen LogP contribution in [-0.4, -0.2) is 40.5 Å². The number of hydrogen-bond donors (Lipinski definition) is 1. The minimum atomic E-state index is -1.59. The van der Waals surface area contributed by atoms with Gasteiger partial charge in [-0.05, 0) is 89.8 Å². The first kappa shape index (κ1) is 24.3. The molecule has 0 radical (unpaired) electrons. The van der Waals surface area contributed by atoms with Gasteiger partial charge in [-0.15, -0.1) is 11.8 Å². The highest BCUT2D eigenvalue weighted by Gasteiger charge is 2.55. The summed E-state index contributed by atoms with van der Waals surface area (Å²) in [6, 6.07) is 5.75. The molecule has 166 valence electrons. The molecule has 1 atom stereocenters. The van der Waals surface area contributed by atoms with Gasteiger partial charge in [0.05, 0.1) is 6.42 Å². The largest absolute Gasteiger partial charge is 0.481 e. The lowest BCUT2D eigenvalue weighted by atomic mass is 9.66. The van der Waals surface area contributed by atoms with Gasteiger partial charge in [-0.2, -0.15) is 0 Å². The van der Waals surface area contributed by atoms with Crippen LogP contribution in [0.3, 0.4) is 0 Å². The maximum absolute atomic E-state index is 13.4. The highest BCUT2D eigenvalue weighted by molar-refractivity contribution is 7.98. The molecular weight excluding hydrogens is 404 g/mol. The maximum atomic E-state index is 13.4. The monoisotopic (exact) mass is 436 g/mol. The number of benzene rings is 1. The minimum absolute atomic E-state index is 0.0357. The van der Waals surface area contributed by atoms with Crippen LogP contribution in [0.5, 0.6) is 0 Å². The number of fused-ring (bicyclic) bond motifs is 1. The molecule has 0 aliphatic heterocycles. The van der Waals surface area contributed by atoms with Crippen molar-refractivity contribution < 1.29 is 29.0 Å². The van der Waals surface area contributed by atoms with Gasteiger partial charge in [0, 0.05) is 4.90 Å². The summed E-state index contributed by atoms with van der Waals surface area (Å²) in [5.74, 6) is -2.82. The van der Waals surface area contributed by atoms with Crippen LogP contribution in [0.2, 0.25) is 0 Å². The Kier molecular flexibility index (Phi) is 6.96. The molecule has 1 N–H and O–H groups in total. The van der Waals surface area contributed by atoms with Gasteiger partial charge in [0.1, 0.15) is 11.2 Å². The smallest absolute Gasteiger partial charge is 0.324 e. The Balaban J connectivity index is 2.61. The fourth-order valence-corrected chi connectivity index (χ4v) is 4.16. The molecule has 1 unspecified atom stereocenters. The van der Waals surface area contributed by atoms with E-state index in [-0.39, 0.29) is 19.3 Å². The van der Waals surface area contributed by atoms with Crippen LogP contribution in [-0.2, 0) is 30.3 Å². The van der Waals surface area contributed by atoms with Crippen molar-refractivity contribution in [2.45, 2.75) is 82.8 Å². The average Bonchev–Trinajstić information content (AvgIpc) is 2.57. The number of carbonyl (C=O) groups excluding carboxylic acids is 2. The highest BCUT2D eigenvalue weighted by atomic mass is 32.2. The van der Waals surface area contributed by atoms with E-state index in [4.69, 9.17) is 9.47 Å². The average molecular weight is 437 g/mol. The second kappa shape index (κ2) is 8.61. The van der Waals surface area contributed by atoms with E-state index in [0.717, 1.165) is 16.0 Å². The molecule has 1 aromatic carbocycles. The summed E-state index contributed by atoms with van der Waals surface area (Å²) in [4.78, 5) is 39.3. The maximum Gasteiger partial charge on any atom is 0.324 e. The number of hydrogen-bond acceptors (Lipinski definition) is 6. The topological polar surface area (TPSA) is 89.9 Å². The first-order chi connectivity index (χ1) is 13.7. The molecule has 1 aliphatic carbocycles. The first-order valence-corrected chi connectivity index (χ1v) is 11.2. The molecule has 0 amide bonds. The van der Waals surface area contributed by atoms with E-state index in [0.29, 0.717) is 0 Å². The molecule has 0 heterocycles. The lowest BCUT2D eigenvalue weighted by Gasteiger charge is -2.40. The number of rotatable bonds is 5. The van der Waals surface area contributed by atoms with E-state index >= 15 is 0 Å². The van der Waals surface area contributed by atoms with Gasteiger partial charge in [0.15, 0.2) is 5.41 Å². The number of esters is 2. The van der Waals surface area contributed by atoms with Crippen molar-refractivity contribution in [1.29, 1.82) is 0 Å². The summed E-state index contributed by atoms with van der Waals surface area (Å²) in [5.41, 5.74) is -1.53. The van der Waals surface area contributed by atoms with Crippen LogP contribution in [0.4, 0.5) is 0 Å². The predicted molar refractivity (Wildman–Crippen MR) is 116 cm³/mol. The quantitative estimate of drug-likeness (QED) is 0.410. The van der Waals surface area contributed by atoms with E-state index in [9.17, 15) is 19.5 Å². The third kappa shape index (κ3) is 5.78. The van der Waals surface area contributed by atoms with Crippen LogP contribution >= 0.6 is 11.8 Å². The van der Waals surface area contributed by atoms with Gasteiger partial charge in [0.25, 0.3) is 0 Å². The molecule has 0 fully saturated rings. The van der Waals surface area contributed by atoms with Crippen LogP contribution in [0.1, 0.15) is 71.4 Å². The highest BCUT2D eigenvalue weighted by Crippen LogP contribution is 2.47. The van der Waals surface area contributed by atoms with Gasteiger partial charge in [-0.25, -0.2) is 0 Å². The van der Waals surface area contributed by atoms with Crippen molar-refractivity contribution in [2.75, 3.05) is 6.26 Å². The zero-order valence-electron chi connectivity index (χ0n) is 18.8. The molecule has 1 aromatic rings. The number of carboxylic acid groups (broad SMARTS) is 1. The lowest BCUT2D eigenvalue weighted by molar-refractivity contribution is -0.187. The van der Waals surface area contributed by atoms with Gasteiger partial charge < -0.3 is 14.6 Å². The van der Waals surface area contributed by atoms with Crippen molar-refractivity contribution in [1.82, 2.24) is 0 Å². The Morgan fingerprint density at radius 1 is 1.07 bits per heavy atom. The second-order valence-electron chi connectivity index (χ2n) is 9.83. The number of ether oxygens (including phenoxy) is 2. The normalized spacial score (nSPS) is 18.3.